The second-order valence-corrected chi connectivity index (χ2v) is 7.17. The van der Waals surface area contributed by atoms with Crippen LogP contribution in [0.2, 0.25) is 0 Å². The number of rotatable bonds is 4. The zero-order valence-corrected chi connectivity index (χ0v) is 16.3. The minimum Gasteiger partial charge on any atom is -0.465 e. The molecule has 2 heterocycles. The number of hydrogen-bond donors (Lipinski definition) is 2. The van der Waals surface area contributed by atoms with E-state index in [1.165, 1.54) is 36.1 Å². The van der Waals surface area contributed by atoms with Gasteiger partial charge in [0.15, 0.2) is 0 Å². The highest BCUT2D eigenvalue weighted by Crippen LogP contribution is 2.23. The second kappa shape index (κ2) is 8.11. The number of methoxy groups -OCH3 is 1. The van der Waals surface area contributed by atoms with Crippen molar-refractivity contribution >= 4 is 33.6 Å². The lowest BCUT2D eigenvalue weighted by Crippen LogP contribution is -2.42. The number of aromatic nitrogens is 1. The summed E-state index contributed by atoms with van der Waals surface area (Å²) in [6.07, 6.45) is 0.0319. The first-order chi connectivity index (χ1) is 13.3. The molecule has 1 saturated heterocycles. The number of amides is 2. The Labute approximate surface area is 167 Å². The predicted octanol–water partition coefficient (Wildman–Crippen LogP) is 2.44. The van der Waals surface area contributed by atoms with Crippen LogP contribution in [0.15, 0.2) is 45.8 Å². The first-order valence-corrected chi connectivity index (χ1v) is 9.11. The lowest BCUT2D eigenvalue weighted by atomic mass is 10.1. The average molecular weight is 454 g/mol. The summed E-state index contributed by atoms with van der Waals surface area (Å²) in [6.45, 7) is 0.0673. The van der Waals surface area contributed by atoms with Crippen LogP contribution in [0.1, 0.15) is 6.42 Å². The number of hydrogen-bond acceptors (Lipinski definition) is 4. The summed E-state index contributed by atoms with van der Waals surface area (Å²) in [6, 6.07) is 5.94. The minimum absolute atomic E-state index is 0.0673. The van der Waals surface area contributed by atoms with Crippen molar-refractivity contribution in [3.63, 3.8) is 0 Å². The van der Waals surface area contributed by atoms with Crippen LogP contribution in [0.4, 0.5) is 14.9 Å². The Morgan fingerprint density at radius 1 is 1.32 bits per heavy atom. The van der Waals surface area contributed by atoms with Gasteiger partial charge in [0, 0.05) is 36.3 Å². The first-order valence-electron chi connectivity index (χ1n) is 8.31. The molecule has 0 aliphatic carbocycles. The Balaban J connectivity index is 1.80. The average Bonchev–Trinajstić information content (AvgIpc) is 3.08. The molecule has 1 aliphatic heterocycles. The first kappa shape index (κ1) is 20.0. The molecule has 148 valence electrons. The number of carbonyl (C=O) groups excluding carboxylic acids is 1. The summed E-state index contributed by atoms with van der Waals surface area (Å²) >= 11 is 3.19. The third-order valence-electron chi connectivity index (χ3n) is 4.51. The van der Waals surface area contributed by atoms with E-state index in [9.17, 15) is 23.9 Å². The number of nitrogens with one attached hydrogen (secondary N) is 1. The van der Waals surface area contributed by atoms with Crippen LogP contribution in [0.25, 0.3) is 5.69 Å². The molecule has 1 aromatic heterocycles. The minimum atomic E-state index is -1.25. The molecule has 2 amide bonds. The molecule has 2 atom stereocenters. The van der Waals surface area contributed by atoms with E-state index in [2.05, 4.69) is 21.2 Å². The Hall–Kier alpha value is -2.72. The predicted molar refractivity (Wildman–Crippen MR) is 102 cm³/mol. The molecule has 0 saturated carbocycles. The number of pyridine rings is 1. The topological polar surface area (TPSA) is 101 Å². The summed E-state index contributed by atoms with van der Waals surface area (Å²) in [4.78, 5) is 36.8. The van der Waals surface area contributed by atoms with Gasteiger partial charge in [0.1, 0.15) is 11.9 Å². The van der Waals surface area contributed by atoms with E-state index in [-0.39, 0.29) is 24.2 Å². The standard InChI is InChI=1S/C18H17BrFN3O5/c1-28-12-8-15(23(9-12)18(26)27)17(25)21-14-3-2-11(7-13(14)20)22-5-4-10(19)6-16(22)24/h2-7,12,15H,8-9H2,1H3,(H,21,25)(H,26,27)/t12-,15-/m1/s1. The van der Waals surface area contributed by atoms with Gasteiger partial charge >= 0.3 is 6.09 Å². The number of anilines is 1. The number of carbonyl (C=O) groups is 2. The molecule has 8 nitrogen and oxygen atoms in total. The van der Waals surface area contributed by atoms with Crippen LogP contribution in [-0.4, -0.2) is 52.4 Å². The fourth-order valence-corrected chi connectivity index (χ4v) is 3.38. The molecular weight excluding hydrogens is 437 g/mol. The fourth-order valence-electron chi connectivity index (χ4n) is 3.07. The van der Waals surface area contributed by atoms with Crippen LogP contribution in [0.5, 0.6) is 0 Å². The van der Waals surface area contributed by atoms with Crippen LogP contribution in [-0.2, 0) is 9.53 Å². The van der Waals surface area contributed by atoms with E-state index in [1.54, 1.807) is 6.07 Å². The van der Waals surface area contributed by atoms with Crippen LogP contribution in [0.3, 0.4) is 0 Å². The van der Waals surface area contributed by atoms with Crippen molar-refractivity contribution in [1.82, 2.24) is 9.47 Å². The molecule has 0 unspecified atom stereocenters. The van der Waals surface area contributed by atoms with Crippen LogP contribution in [0, 0.1) is 5.82 Å². The van der Waals surface area contributed by atoms with Gasteiger partial charge < -0.3 is 15.2 Å². The normalized spacial score (nSPS) is 18.9. The Bertz CT molecular complexity index is 980. The van der Waals surface area contributed by atoms with Gasteiger partial charge in [-0.05, 0) is 18.2 Å². The Morgan fingerprint density at radius 2 is 2.07 bits per heavy atom. The SMILES string of the molecule is CO[C@@H]1C[C@H](C(=O)Nc2ccc(-n3ccc(Br)cc3=O)cc2F)N(C(=O)O)C1. The molecule has 1 fully saturated rings. The van der Waals surface area contributed by atoms with Gasteiger partial charge in [0.25, 0.3) is 5.56 Å². The van der Waals surface area contributed by atoms with E-state index in [4.69, 9.17) is 4.74 Å². The molecule has 1 aromatic carbocycles. The van der Waals surface area contributed by atoms with Crippen LogP contribution < -0.4 is 10.9 Å². The molecule has 10 heteroatoms. The zero-order chi connectivity index (χ0) is 20.4. The monoisotopic (exact) mass is 453 g/mol. The molecule has 0 bridgehead atoms. The van der Waals surface area contributed by atoms with Gasteiger partial charge in [-0.15, -0.1) is 0 Å². The smallest absolute Gasteiger partial charge is 0.408 e. The summed E-state index contributed by atoms with van der Waals surface area (Å²) in [5, 5.41) is 11.7. The van der Waals surface area contributed by atoms with E-state index < -0.39 is 30.0 Å². The highest BCUT2D eigenvalue weighted by Gasteiger charge is 2.40. The van der Waals surface area contributed by atoms with Crippen molar-refractivity contribution in [2.24, 2.45) is 0 Å². The fraction of sp³-hybridized carbons (Fsp3) is 0.278. The highest BCUT2D eigenvalue weighted by molar-refractivity contribution is 9.10. The van der Waals surface area contributed by atoms with Gasteiger partial charge in [0.05, 0.1) is 24.0 Å². The highest BCUT2D eigenvalue weighted by atomic mass is 79.9. The second-order valence-electron chi connectivity index (χ2n) is 6.25. The number of halogens is 2. The molecule has 0 radical (unpaired) electrons. The number of ether oxygens (including phenoxy) is 1. The summed E-state index contributed by atoms with van der Waals surface area (Å²) < 4.78 is 21.5. The number of nitrogens with zero attached hydrogens (tertiary/aromatic N) is 2. The quantitative estimate of drug-likeness (QED) is 0.740. The van der Waals surface area contributed by atoms with Crippen LogP contribution >= 0.6 is 15.9 Å². The maximum absolute atomic E-state index is 14.5. The molecule has 28 heavy (non-hydrogen) atoms. The van der Waals surface area contributed by atoms with Gasteiger partial charge in [-0.2, -0.15) is 0 Å². The van der Waals surface area contributed by atoms with Gasteiger partial charge in [0.2, 0.25) is 5.91 Å². The lowest BCUT2D eigenvalue weighted by molar-refractivity contribution is -0.120. The third kappa shape index (κ3) is 4.07. The summed E-state index contributed by atoms with van der Waals surface area (Å²) in [5.41, 5.74) is -0.162. The summed E-state index contributed by atoms with van der Waals surface area (Å²) in [7, 11) is 1.44. The third-order valence-corrected chi connectivity index (χ3v) is 5.01. The van der Waals surface area contributed by atoms with Crippen molar-refractivity contribution in [1.29, 1.82) is 0 Å². The number of benzene rings is 1. The Kier molecular flexibility index (Phi) is 5.80. The van der Waals surface area contributed by atoms with E-state index in [1.807, 2.05) is 0 Å². The zero-order valence-electron chi connectivity index (χ0n) is 14.8. The summed E-state index contributed by atoms with van der Waals surface area (Å²) in [5.74, 6) is -1.39. The van der Waals surface area contributed by atoms with E-state index in [0.29, 0.717) is 10.2 Å². The van der Waals surface area contributed by atoms with Crippen molar-refractivity contribution in [3.8, 4) is 5.69 Å². The molecule has 2 aromatic rings. The van der Waals surface area contributed by atoms with E-state index in [0.717, 1.165) is 11.0 Å². The van der Waals surface area contributed by atoms with Crippen molar-refractivity contribution in [2.75, 3.05) is 19.0 Å². The van der Waals surface area contributed by atoms with Crippen molar-refractivity contribution < 1.29 is 23.8 Å². The largest absolute Gasteiger partial charge is 0.465 e. The van der Waals surface area contributed by atoms with E-state index >= 15 is 0 Å². The maximum atomic E-state index is 14.5. The molecule has 0 spiro atoms. The van der Waals surface area contributed by atoms with Crippen molar-refractivity contribution in [3.05, 3.63) is 57.2 Å². The Morgan fingerprint density at radius 3 is 2.68 bits per heavy atom. The molecular formula is C18H17BrFN3O5. The number of likely N-dealkylation sites (tertiary alicyclic amines) is 1. The van der Waals surface area contributed by atoms with Gasteiger partial charge in [-0.3, -0.25) is 19.1 Å². The van der Waals surface area contributed by atoms with Crippen molar-refractivity contribution in [2.45, 2.75) is 18.6 Å². The molecule has 2 N–H and O–H groups in total. The molecule has 3 rings (SSSR count). The molecule has 1 aliphatic rings. The number of carboxylic acid groups (broad SMARTS) is 1. The lowest BCUT2D eigenvalue weighted by Gasteiger charge is -2.20. The van der Waals surface area contributed by atoms with Gasteiger partial charge in [-0.25, -0.2) is 9.18 Å². The van der Waals surface area contributed by atoms with Gasteiger partial charge in [-0.1, -0.05) is 15.9 Å². The maximum Gasteiger partial charge on any atom is 0.408 e.